The minimum atomic E-state index is 0.685. The smallest absolute Gasteiger partial charge is 0.160 e. The number of hydrogen-bond donors (Lipinski definition) is 0. The van der Waals surface area contributed by atoms with E-state index in [4.69, 9.17) is 9.97 Å². The Balaban J connectivity index is 1.37. The van der Waals surface area contributed by atoms with Gasteiger partial charge in [-0.2, -0.15) is 0 Å². The Labute approximate surface area is 218 Å². The van der Waals surface area contributed by atoms with Crippen molar-refractivity contribution in [1.82, 2.24) is 19.9 Å². The van der Waals surface area contributed by atoms with Crippen LogP contribution in [0.1, 0.15) is 0 Å². The predicted octanol–water partition coefficient (Wildman–Crippen LogP) is 8.30. The van der Waals surface area contributed by atoms with E-state index >= 15 is 0 Å². The van der Waals surface area contributed by atoms with E-state index in [9.17, 15) is 0 Å². The number of benzene rings is 3. The standard InChI is InChI=1S/C32H20N4S/c1-2-8-30-26(7-1)27-17-23(13-14-31(27)37-30)28-18-29(25-6-4-16-34-20-25)36-32(35-28)22-11-9-21(10-12-22)24-5-3-15-33-19-24/h1-20H. The summed E-state index contributed by atoms with van der Waals surface area (Å²) < 4.78 is 2.57. The van der Waals surface area contributed by atoms with Gasteiger partial charge in [0.05, 0.1) is 11.4 Å². The van der Waals surface area contributed by atoms with Crippen LogP contribution in [-0.2, 0) is 0 Å². The molecule has 0 aliphatic rings. The minimum Gasteiger partial charge on any atom is -0.264 e. The van der Waals surface area contributed by atoms with Gasteiger partial charge in [0.1, 0.15) is 0 Å². The summed E-state index contributed by atoms with van der Waals surface area (Å²) in [5.41, 5.74) is 6.91. The summed E-state index contributed by atoms with van der Waals surface area (Å²) in [6, 6.07) is 33.5. The van der Waals surface area contributed by atoms with E-state index in [0.29, 0.717) is 5.82 Å². The monoisotopic (exact) mass is 492 g/mol. The molecule has 0 saturated heterocycles. The van der Waals surface area contributed by atoms with Crippen molar-refractivity contribution in [3.05, 3.63) is 122 Å². The summed E-state index contributed by atoms with van der Waals surface area (Å²) in [5, 5.41) is 2.53. The van der Waals surface area contributed by atoms with Crippen molar-refractivity contribution >= 4 is 31.5 Å². The Kier molecular flexibility index (Phi) is 5.26. The normalized spacial score (nSPS) is 11.2. The molecule has 4 nitrogen and oxygen atoms in total. The van der Waals surface area contributed by atoms with Gasteiger partial charge in [-0.15, -0.1) is 11.3 Å². The number of nitrogens with zero attached hydrogens (tertiary/aromatic N) is 4. The van der Waals surface area contributed by atoms with Crippen LogP contribution in [0.25, 0.3) is 65.2 Å². The number of aromatic nitrogens is 4. The fourth-order valence-electron chi connectivity index (χ4n) is 4.62. The summed E-state index contributed by atoms with van der Waals surface area (Å²) in [6.07, 6.45) is 7.28. The van der Waals surface area contributed by atoms with Gasteiger partial charge in [0.15, 0.2) is 5.82 Å². The molecule has 3 aromatic carbocycles. The lowest BCUT2D eigenvalue weighted by molar-refractivity contribution is 1.18. The van der Waals surface area contributed by atoms with Crippen LogP contribution in [0.3, 0.4) is 0 Å². The van der Waals surface area contributed by atoms with E-state index in [2.05, 4.69) is 88.8 Å². The molecular formula is C32H20N4S. The molecule has 7 rings (SSSR count). The van der Waals surface area contributed by atoms with Crippen LogP contribution in [0, 0.1) is 0 Å². The molecule has 0 atom stereocenters. The van der Waals surface area contributed by atoms with E-state index in [0.717, 1.165) is 39.2 Å². The highest BCUT2D eigenvalue weighted by Crippen LogP contribution is 2.37. The van der Waals surface area contributed by atoms with E-state index in [1.165, 1.54) is 20.2 Å². The number of thiophene rings is 1. The summed E-state index contributed by atoms with van der Waals surface area (Å²) in [7, 11) is 0. The first-order valence-electron chi connectivity index (χ1n) is 12.0. The van der Waals surface area contributed by atoms with Crippen LogP contribution in [0.2, 0.25) is 0 Å². The Morgan fingerprint density at radius 3 is 1.86 bits per heavy atom. The predicted molar refractivity (Wildman–Crippen MR) is 152 cm³/mol. The van der Waals surface area contributed by atoms with Crippen LogP contribution in [0.15, 0.2) is 122 Å². The zero-order chi connectivity index (χ0) is 24.6. The number of fused-ring (bicyclic) bond motifs is 3. The summed E-state index contributed by atoms with van der Waals surface area (Å²) >= 11 is 1.82. The SMILES string of the molecule is c1cncc(-c2ccc(-c3nc(-c4cccnc4)cc(-c4ccc5sc6ccccc6c5c4)n3)cc2)c1. The van der Waals surface area contributed by atoms with Gasteiger partial charge < -0.3 is 0 Å². The Morgan fingerprint density at radius 2 is 1.11 bits per heavy atom. The molecule has 0 radical (unpaired) electrons. The van der Waals surface area contributed by atoms with Crippen molar-refractivity contribution in [1.29, 1.82) is 0 Å². The molecule has 37 heavy (non-hydrogen) atoms. The maximum Gasteiger partial charge on any atom is 0.160 e. The largest absolute Gasteiger partial charge is 0.264 e. The second-order valence-electron chi connectivity index (χ2n) is 8.83. The second kappa shape index (κ2) is 9.04. The fourth-order valence-corrected chi connectivity index (χ4v) is 5.70. The number of hydrogen-bond acceptors (Lipinski definition) is 5. The maximum atomic E-state index is 5.03. The van der Waals surface area contributed by atoms with Gasteiger partial charge in [-0.25, -0.2) is 9.97 Å². The summed E-state index contributed by atoms with van der Waals surface area (Å²) in [5.74, 6) is 0.685. The molecule has 0 unspecified atom stereocenters. The first kappa shape index (κ1) is 21.5. The van der Waals surface area contributed by atoms with Crippen molar-refractivity contribution in [3.63, 3.8) is 0 Å². The molecule has 0 aliphatic carbocycles. The molecule has 0 N–H and O–H groups in total. The lowest BCUT2D eigenvalue weighted by atomic mass is 10.0. The Hall–Kier alpha value is -4.74. The average molecular weight is 493 g/mol. The number of pyridine rings is 2. The molecule has 7 aromatic rings. The molecule has 4 heterocycles. The highest BCUT2D eigenvalue weighted by molar-refractivity contribution is 7.25. The van der Waals surface area contributed by atoms with Crippen molar-refractivity contribution in [2.45, 2.75) is 0 Å². The average Bonchev–Trinajstić information content (AvgIpc) is 3.36. The van der Waals surface area contributed by atoms with Crippen molar-refractivity contribution < 1.29 is 0 Å². The van der Waals surface area contributed by atoms with Gasteiger partial charge in [0, 0.05) is 61.7 Å². The fraction of sp³-hybridized carbons (Fsp3) is 0. The zero-order valence-corrected chi connectivity index (χ0v) is 20.6. The third-order valence-electron chi connectivity index (χ3n) is 6.49. The highest BCUT2D eigenvalue weighted by Gasteiger charge is 2.13. The third-order valence-corrected chi connectivity index (χ3v) is 7.65. The molecule has 0 amide bonds. The van der Waals surface area contributed by atoms with Gasteiger partial charge in [-0.1, -0.05) is 54.6 Å². The molecule has 0 aliphatic heterocycles. The lowest BCUT2D eigenvalue weighted by Crippen LogP contribution is -1.96. The summed E-state index contributed by atoms with van der Waals surface area (Å²) in [4.78, 5) is 18.5. The second-order valence-corrected chi connectivity index (χ2v) is 9.92. The first-order chi connectivity index (χ1) is 18.3. The molecule has 0 fully saturated rings. The molecular weight excluding hydrogens is 472 g/mol. The van der Waals surface area contributed by atoms with Crippen LogP contribution < -0.4 is 0 Å². The third kappa shape index (κ3) is 4.05. The van der Waals surface area contributed by atoms with Crippen molar-refractivity contribution in [2.24, 2.45) is 0 Å². The van der Waals surface area contributed by atoms with Gasteiger partial charge in [0.2, 0.25) is 0 Å². The van der Waals surface area contributed by atoms with E-state index in [1.807, 2.05) is 41.9 Å². The van der Waals surface area contributed by atoms with E-state index in [-0.39, 0.29) is 0 Å². The lowest BCUT2D eigenvalue weighted by Gasteiger charge is -2.10. The van der Waals surface area contributed by atoms with Crippen LogP contribution >= 0.6 is 11.3 Å². The molecule has 4 aromatic heterocycles. The molecule has 0 bridgehead atoms. The van der Waals surface area contributed by atoms with E-state index < -0.39 is 0 Å². The van der Waals surface area contributed by atoms with Crippen LogP contribution in [0.5, 0.6) is 0 Å². The first-order valence-corrected chi connectivity index (χ1v) is 12.9. The summed E-state index contributed by atoms with van der Waals surface area (Å²) in [6.45, 7) is 0. The molecule has 0 spiro atoms. The molecule has 0 saturated carbocycles. The van der Waals surface area contributed by atoms with Gasteiger partial charge in [-0.05, 0) is 53.6 Å². The highest BCUT2D eigenvalue weighted by atomic mass is 32.1. The van der Waals surface area contributed by atoms with Gasteiger partial charge in [-0.3, -0.25) is 9.97 Å². The van der Waals surface area contributed by atoms with Gasteiger partial charge >= 0.3 is 0 Å². The molecule has 174 valence electrons. The topological polar surface area (TPSA) is 51.6 Å². The minimum absolute atomic E-state index is 0.685. The van der Waals surface area contributed by atoms with Gasteiger partial charge in [0.25, 0.3) is 0 Å². The van der Waals surface area contributed by atoms with Crippen molar-refractivity contribution in [3.8, 4) is 45.0 Å². The molecule has 5 heteroatoms. The Bertz CT molecular complexity index is 1860. The van der Waals surface area contributed by atoms with Crippen LogP contribution in [-0.4, -0.2) is 19.9 Å². The zero-order valence-electron chi connectivity index (χ0n) is 19.7. The maximum absolute atomic E-state index is 5.03. The Morgan fingerprint density at radius 1 is 0.459 bits per heavy atom. The number of rotatable bonds is 4. The quantitative estimate of drug-likeness (QED) is 0.248. The van der Waals surface area contributed by atoms with Crippen LogP contribution in [0.4, 0.5) is 0 Å². The van der Waals surface area contributed by atoms with E-state index in [1.54, 1.807) is 12.4 Å². The van der Waals surface area contributed by atoms with Crippen molar-refractivity contribution in [2.75, 3.05) is 0 Å².